The molecule has 1 aromatic rings. The van der Waals surface area contributed by atoms with Crippen LogP contribution in [0.1, 0.15) is 23.2 Å². The van der Waals surface area contributed by atoms with Crippen molar-refractivity contribution in [1.29, 1.82) is 0 Å². The molecule has 1 heterocycles. The number of methoxy groups -OCH3 is 1. The van der Waals surface area contributed by atoms with Crippen LogP contribution in [0.4, 0.5) is 14.5 Å². The first-order chi connectivity index (χ1) is 9.47. The number of rotatable bonds is 2. The number of anilines is 1. The van der Waals surface area contributed by atoms with Gasteiger partial charge in [0.05, 0.1) is 12.8 Å². The highest BCUT2D eigenvalue weighted by atomic mass is 19.1. The summed E-state index contributed by atoms with van der Waals surface area (Å²) in [6.07, 6.45) is 0.973. The number of nitrogens with two attached hydrogens (primary N) is 1. The summed E-state index contributed by atoms with van der Waals surface area (Å²) in [4.78, 5) is 24.9. The van der Waals surface area contributed by atoms with Crippen molar-refractivity contribution >= 4 is 17.6 Å². The highest BCUT2D eigenvalue weighted by Crippen LogP contribution is 2.25. The molecule has 1 aliphatic rings. The van der Waals surface area contributed by atoms with E-state index in [1.165, 1.54) is 7.11 Å². The van der Waals surface area contributed by atoms with Crippen LogP contribution in [0, 0.1) is 11.6 Å². The lowest BCUT2D eigenvalue weighted by molar-refractivity contribution is -0.145. The summed E-state index contributed by atoms with van der Waals surface area (Å²) in [5.41, 5.74) is 4.29. The van der Waals surface area contributed by atoms with Crippen molar-refractivity contribution < 1.29 is 23.1 Å². The third-order valence-corrected chi connectivity index (χ3v) is 3.32. The number of benzene rings is 1. The Morgan fingerprint density at radius 1 is 1.40 bits per heavy atom. The Labute approximate surface area is 114 Å². The molecule has 2 N–H and O–H groups in total. The lowest BCUT2D eigenvalue weighted by Crippen LogP contribution is -2.41. The Balaban J connectivity index is 2.37. The molecule has 0 radical (unpaired) electrons. The molecule has 1 aromatic carbocycles. The van der Waals surface area contributed by atoms with Crippen molar-refractivity contribution in [3.63, 3.8) is 0 Å². The normalized spacial score (nSPS) is 18.1. The van der Waals surface area contributed by atoms with E-state index >= 15 is 0 Å². The number of likely N-dealkylation sites (tertiary alicyclic amines) is 1. The molecule has 0 saturated carbocycles. The van der Waals surface area contributed by atoms with Crippen LogP contribution in [-0.4, -0.2) is 36.5 Å². The number of hydrogen-bond acceptors (Lipinski definition) is 4. The van der Waals surface area contributed by atoms with Gasteiger partial charge in [-0.25, -0.2) is 13.6 Å². The zero-order valence-corrected chi connectivity index (χ0v) is 10.9. The average Bonchev–Trinajstić information content (AvgIpc) is 2.91. The van der Waals surface area contributed by atoms with E-state index < -0.39 is 35.1 Å². The largest absolute Gasteiger partial charge is 0.467 e. The van der Waals surface area contributed by atoms with Crippen molar-refractivity contribution in [2.24, 2.45) is 0 Å². The van der Waals surface area contributed by atoms with E-state index in [0.29, 0.717) is 12.8 Å². The molecular weight excluding hydrogens is 270 g/mol. The number of nitrogen functional groups attached to an aromatic ring is 1. The van der Waals surface area contributed by atoms with Crippen molar-refractivity contribution in [1.82, 2.24) is 4.90 Å². The van der Waals surface area contributed by atoms with Crippen LogP contribution < -0.4 is 5.73 Å². The number of ether oxygens (including phenoxy) is 1. The molecule has 7 heteroatoms. The molecule has 2 rings (SSSR count). The fraction of sp³-hybridized carbons (Fsp3) is 0.385. The first-order valence-electron chi connectivity index (χ1n) is 6.09. The van der Waals surface area contributed by atoms with Gasteiger partial charge in [-0.3, -0.25) is 4.79 Å². The molecule has 0 bridgehead atoms. The second-order valence-corrected chi connectivity index (χ2v) is 4.51. The van der Waals surface area contributed by atoms with Crippen LogP contribution >= 0.6 is 0 Å². The highest BCUT2D eigenvalue weighted by Gasteiger charge is 2.37. The molecular formula is C13H14F2N2O3. The summed E-state index contributed by atoms with van der Waals surface area (Å²) in [5, 5.41) is 0. The molecule has 5 nitrogen and oxygen atoms in total. The second kappa shape index (κ2) is 5.44. The van der Waals surface area contributed by atoms with Crippen molar-refractivity contribution in [3.05, 3.63) is 29.3 Å². The maximum atomic E-state index is 13.8. The monoisotopic (exact) mass is 284 g/mol. The molecule has 20 heavy (non-hydrogen) atoms. The summed E-state index contributed by atoms with van der Waals surface area (Å²) in [6.45, 7) is 0.242. The topological polar surface area (TPSA) is 72.6 Å². The Morgan fingerprint density at radius 3 is 2.75 bits per heavy atom. The first kappa shape index (κ1) is 14.2. The van der Waals surface area contributed by atoms with Crippen LogP contribution in [0.2, 0.25) is 0 Å². The second-order valence-electron chi connectivity index (χ2n) is 4.51. The van der Waals surface area contributed by atoms with Gasteiger partial charge in [0.15, 0.2) is 5.82 Å². The Hall–Kier alpha value is -2.18. The van der Waals surface area contributed by atoms with Gasteiger partial charge in [-0.2, -0.15) is 0 Å². The van der Waals surface area contributed by atoms with Gasteiger partial charge in [-0.1, -0.05) is 0 Å². The van der Waals surface area contributed by atoms with E-state index in [2.05, 4.69) is 4.74 Å². The van der Waals surface area contributed by atoms with E-state index in [0.717, 1.165) is 17.0 Å². The van der Waals surface area contributed by atoms with E-state index in [-0.39, 0.29) is 12.2 Å². The van der Waals surface area contributed by atoms with E-state index in [1.54, 1.807) is 0 Å². The molecule has 1 fully saturated rings. The number of esters is 1. The third-order valence-electron chi connectivity index (χ3n) is 3.32. The number of nitrogens with zero attached hydrogens (tertiary/aromatic N) is 1. The van der Waals surface area contributed by atoms with Crippen molar-refractivity contribution in [3.8, 4) is 0 Å². The van der Waals surface area contributed by atoms with Gasteiger partial charge in [0.2, 0.25) is 0 Å². The standard InChI is InChI=1S/C13H14F2N2O3/c1-20-13(19)9-3-2-6-17(9)12(18)10-7(14)4-5-8(16)11(10)15/h4-5,9H,2-3,6,16H2,1H3/t9-/m0/s1. The van der Waals surface area contributed by atoms with E-state index in [4.69, 9.17) is 5.73 Å². The molecule has 1 atom stereocenters. The summed E-state index contributed by atoms with van der Waals surface area (Å²) in [6, 6.07) is 1.16. The lowest BCUT2D eigenvalue weighted by atomic mass is 10.1. The molecule has 0 unspecified atom stereocenters. The number of carbonyl (C=O) groups excluding carboxylic acids is 2. The zero-order chi connectivity index (χ0) is 14.9. The average molecular weight is 284 g/mol. The first-order valence-corrected chi connectivity index (χ1v) is 6.09. The fourth-order valence-electron chi connectivity index (χ4n) is 2.30. The van der Waals surface area contributed by atoms with Crippen molar-refractivity contribution in [2.75, 3.05) is 19.4 Å². The van der Waals surface area contributed by atoms with E-state index in [1.807, 2.05) is 0 Å². The minimum atomic E-state index is -1.11. The van der Waals surface area contributed by atoms with Crippen molar-refractivity contribution in [2.45, 2.75) is 18.9 Å². The maximum absolute atomic E-state index is 13.8. The van der Waals surface area contributed by atoms with Gasteiger partial charge < -0.3 is 15.4 Å². The number of hydrogen-bond donors (Lipinski definition) is 1. The molecule has 1 amide bonds. The lowest BCUT2D eigenvalue weighted by Gasteiger charge is -2.23. The molecule has 0 aliphatic carbocycles. The predicted molar refractivity (Wildman–Crippen MR) is 66.8 cm³/mol. The van der Waals surface area contributed by atoms with Gasteiger partial charge >= 0.3 is 5.97 Å². The molecule has 0 aromatic heterocycles. The number of amides is 1. The summed E-state index contributed by atoms with van der Waals surface area (Å²) < 4.78 is 32.1. The third kappa shape index (κ3) is 2.31. The number of carbonyl (C=O) groups is 2. The van der Waals surface area contributed by atoms with E-state index in [9.17, 15) is 18.4 Å². The van der Waals surface area contributed by atoms with Gasteiger partial charge in [0, 0.05) is 6.54 Å². The Kier molecular flexibility index (Phi) is 3.87. The van der Waals surface area contributed by atoms with Gasteiger partial charge in [0.1, 0.15) is 17.4 Å². The van der Waals surface area contributed by atoms with Gasteiger partial charge in [0.25, 0.3) is 5.91 Å². The minimum absolute atomic E-state index is 0.242. The van der Waals surface area contributed by atoms with Gasteiger partial charge in [-0.15, -0.1) is 0 Å². The fourth-order valence-corrected chi connectivity index (χ4v) is 2.30. The summed E-state index contributed by atoms with van der Waals surface area (Å²) >= 11 is 0. The Bertz CT molecular complexity index is 563. The predicted octanol–water partition coefficient (Wildman–Crippen LogP) is 1.32. The smallest absolute Gasteiger partial charge is 0.328 e. The van der Waals surface area contributed by atoms with Crippen LogP contribution in [0.5, 0.6) is 0 Å². The highest BCUT2D eigenvalue weighted by molar-refractivity contribution is 5.98. The zero-order valence-electron chi connectivity index (χ0n) is 10.9. The molecule has 108 valence electrons. The minimum Gasteiger partial charge on any atom is -0.467 e. The summed E-state index contributed by atoms with van der Waals surface area (Å²) in [7, 11) is 1.20. The van der Waals surface area contributed by atoms with Crippen LogP contribution in [0.15, 0.2) is 12.1 Å². The molecule has 1 saturated heterocycles. The Morgan fingerprint density at radius 2 is 2.10 bits per heavy atom. The van der Waals surface area contributed by atoms with Crippen LogP contribution in [0.25, 0.3) is 0 Å². The SMILES string of the molecule is COC(=O)[C@@H]1CCCN1C(=O)c1c(F)ccc(N)c1F. The summed E-state index contributed by atoms with van der Waals surface area (Å²) in [5.74, 6) is -3.59. The van der Waals surface area contributed by atoms with Crippen LogP contribution in [-0.2, 0) is 9.53 Å². The maximum Gasteiger partial charge on any atom is 0.328 e. The molecule has 1 aliphatic heterocycles. The van der Waals surface area contributed by atoms with Crippen LogP contribution in [0.3, 0.4) is 0 Å². The van der Waals surface area contributed by atoms with Gasteiger partial charge in [-0.05, 0) is 25.0 Å². The molecule has 0 spiro atoms. The quantitative estimate of drug-likeness (QED) is 0.657. The number of halogens is 2.